The van der Waals surface area contributed by atoms with E-state index < -0.39 is 0 Å². The predicted molar refractivity (Wildman–Crippen MR) is 64.2 cm³/mol. The molecule has 0 saturated heterocycles. The van der Waals surface area contributed by atoms with Gasteiger partial charge in [-0.05, 0) is 45.1 Å². The molecule has 0 aromatic heterocycles. The van der Waals surface area contributed by atoms with Crippen molar-refractivity contribution in [2.24, 2.45) is 5.92 Å². The Labute approximate surface area is 92.8 Å². The summed E-state index contributed by atoms with van der Waals surface area (Å²) in [5.74, 6) is 0.462. The molecule has 80 valence electrons. The van der Waals surface area contributed by atoms with Crippen LogP contribution in [0, 0.1) is 17.2 Å². The van der Waals surface area contributed by atoms with E-state index in [4.69, 9.17) is 5.26 Å². The molecule has 0 N–H and O–H groups in total. The molecule has 0 radical (unpaired) electrons. The SMILES string of the molecule is C/C=C(C#N)\C=C/C(C)C(C)=C1CCC1. The molecule has 1 unspecified atom stereocenters. The summed E-state index contributed by atoms with van der Waals surface area (Å²) < 4.78 is 0. The van der Waals surface area contributed by atoms with E-state index in [2.05, 4.69) is 26.0 Å². The maximum atomic E-state index is 8.76. The van der Waals surface area contributed by atoms with Gasteiger partial charge in [-0.2, -0.15) is 5.26 Å². The van der Waals surface area contributed by atoms with E-state index in [1.165, 1.54) is 24.8 Å². The van der Waals surface area contributed by atoms with E-state index in [0.717, 1.165) is 5.57 Å². The molecule has 1 rings (SSSR count). The van der Waals surface area contributed by atoms with Crippen LogP contribution in [-0.4, -0.2) is 0 Å². The Morgan fingerprint density at radius 2 is 2.13 bits per heavy atom. The summed E-state index contributed by atoms with van der Waals surface area (Å²) in [5.41, 5.74) is 3.85. The van der Waals surface area contributed by atoms with Crippen LogP contribution in [0.15, 0.2) is 34.9 Å². The van der Waals surface area contributed by atoms with Gasteiger partial charge in [0, 0.05) is 5.57 Å². The summed E-state index contributed by atoms with van der Waals surface area (Å²) in [6.45, 7) is 6.30. The van der Waals surface area contributed by atoms with Gasteiger partial charge in [0.15, 0.2) is 0 Å². The fourth-order valence-corrected chi connectivity index (χ4v) is 1.66. The van der Waals surface area contributed by atoms with Crippen LogP contribution in [0.5, 0.6) is 0 Å². The third-order valence-corrected chi connectivity index (χ3v) is 3.20. The van der Waals surface area contributed by atoms with Gasteiger partial charge >= 0.3 is 0 Å². The molecule has 1 saturated carbocycles. The topological polar surface area (TPSA) is 23.8 Å². The highest BCUT2D eigenvalue weighted by molar-refractivity contribution is 5.34. The molecule has 1 heteroatoms. The van der Waals surface area contributed by atoms with Crippen LogP contribution in [0.2, 0.25) is 0 Å². The predicted octanol–water partition coefficient (Wildman–Crippen LogP) is 4.15. The molecule has 0 aliphatic heterocycles. The van der Waals surface area contributed by atoms with E-state index in [9.17, 15) is 0 Å². The highest BCUT2D eigenvalue weighted by Gasteiger charge is 2.13. The van der Waals surface area contributed by atoms with E-state index >= 15 is 0 Å². The second kappa shape index (κ2) is 5.56. The van der Waals surface area contributed by atoms with Crippen LogP contribution in [0.4, 0.5) is 0 Å². The molecule has 1 atom stereocenters. The van der Waals surface area contributed by atoms with Crippen LogP contribution in [0.25, 0.3) is 0 Å². The largest absolute Gasteiger partial charge is 0.192 e. The Balaban J connectivity index is 2.63. The van der Waals surface area contributed by atoms with Gasteiger partial charge < -0.3 is 0 Å². The lowest BCUT2D eigenvalue weighted by Gasteiger charge is -2.22. The molecular weight excluding hydrogens is 182 g/mol. The zero-order valence-electron chi connectivity index (χ0n) is 9.88. The van der Waals surface area contributed by atoms with Gasteiger partial charge in [-0.3, -0.25) is 0 Å². The molecule has 0 amide bonds. The van der Waals surface area contributed by atoms with Crippen LogP contribution in [0.3, 0.4) is 0 Å². The van der Waals surface area contributed by atoms with Gasteiger partial charge in [0.25, 0.3) is 0 Å². The summed E-state index contributed by atoms with van der Waals surface area (Å²) in [6.07, 6.45) is 9.79. The first-order chi connectivity index (χ1) is 7.19. The van der Waals surface area contributed by atoms with E-state index in [1.54, 1.807) is 5.57 Å². The van der Waals surface area contributed by atoms with Crippen LogP contribution < -0.4 is 0 Å². The maximum Gasteiger partial charge on any atom is 0.0987 e. The summed E-state index contributed by atoms with van der Waals surface area (Å²) in [5, 5.41) is 8.76. The first-order valence-electron chi connectivity index (χ1n) is 5.62. The van der Waals surface area contributed by atoms with Gasteiger partial charge in [0.2, 0.25) is 0 Å². The van der Waals surface area contributed by atoms with Crippen LogP contribution in [0.1, 0.15) is 40.0 Å². The van der Waals surface area contributed by atoms with Crippen molar-refractivity contribution in [1.29, 1.82) is 5.26 Å². The van der Waals surface area contributed by atoms with E-state index in [1.807, 2.05) is 19.1 Å². The summed E-state index contributed by atoms with van der Waals surface area (Å²) in [7, 11) is 0. The number of nitriles is 1. The average Bonchev–Trinajstić information content (AvgIpc) is 2.16. The summed E-state index contributed by atoms with van der Waals surface area (Å²) in [6, 6.07) is 2.16. The lowest BCUT2D eigenvalue weighted by atomic mass is 9.84. The van der Waals surface area contributed by atoms with Crippen molar-refractivity contribution in [3.05, 3.63) is 34.9 Å². The molecule has 1 nitrogen and oxygen atoms in total. The zero-order chi connectivity index (χ0) is 11.3. The molecular formula is C14H19N. The van der Waals surface area contributed by atoms with Gasteiger partial charge in [-0.15, -0.1) is 0 Å². The third-order valence-electron chi connectivity index (χ3n) is 3.20. The van der Waals surface area contributed by atoms with Crippen molar-refractivity contribution in [2.75, 3.05) is 0 Å². The van der Waals surface area contributed by atoms with E-state index in [0.29, 0.717) is 5.92 Å². The molecule has 0 heterocycles. The Kier molecular flexibility index (Phi) is 4.37. The molecule has 0 aromatic carbocycles. The Hall–Kier alpha value is -1.29. The Morgan fingerprint density at radius 1 is 1.47 bits per heavy atom. The number of rotatable bonds is 3. The second-order valence-electron chi connectivity index (χ2n) is 4.14. The van der Waals surface area contributed by atoms with Crippen molar-refractivity contribution >= 4 is 0 Å². The second-order valence-corrected chi connectivity index (χ2v) is 4.14. The van der Waals surface area contributed by atoms with Crippen molar-refractivity contribution in [2.45, 2.75) is 40.0 Å². The third kappa shape index (κ3) is 3.09. The fraction of sp³-hybridized carbons (Fsp3) is 0.500. The maximum absolute atomic E-state index is 8.76. The van der Waals surface area contributed by atoms with Crippen molar-refractivity contribution in [1.82, 2.24) is 0 Å². The Bertz CT molecular complexity index is 344. The Morgan fingerprint density at radius 3 is 2.53 bits per heavy atom. The van der Waals surface area contributed by atoms with Crippen molar-refractivity contribution < 1.29 is 0 Å². The first kappa shape index (κ1) is 11.8. The standard InChI is InChI=1S/C14H19N/c1-4-13(10-15)9-8-11(2)12(3)14-6-5-7-14/h4,8-9,11H,5-7H2,1-3H3/b9-8-,13-4+. The lowest BCUT2D eigenvalue weighted by Crippen LogP contribution is -2.04. The number of hydrogen-bond acceptors (Lipinski definition) is 1. The average molecular weight is 201 g/mol. The van der Waals surface area contributed by atoms with Gasteiger partial charge in [0.05, 0.1) is 6.07 Å². The van der Waals surface area contributed by atoms with Crippen LogP contribution >= 0.6 is 0 Å². The first-order valence-corrected chi connectivity index (χ1v) is 5.62. The van der Waals surface area contributed by atoms with Crippen LogP contribution in [-0.2, 0) is 0 Å². The minimum Gasteiger partial charge on any atom is -0.192 e. The van der Waals surface area contributed by atoms with Gasteiger partial charge in [-0.25, -0.2) is 0 Å². The normalized spacial score (nSPS) is 18.5. The minimum atomic E-state index is 0.462. The molecule has 1 fully saturated rings. The number of hydrogen-bond donors (Lipinski definition) is 0. The number of nitrogens with zero attached hydrogens (tertiary/aromatic N) is 1. The monoisotopic (exact) mass is 201 g/mol. The van der Waals surface area contributed by atoms with Crippen molar-refractivity contribution in [3.8, 4) is 6.07 Å². The molecule has 0 aromatic rings. The van der Waals surface area contributed by atoms with Crippen molar-refractivity contribution in [3.63, 3.8) is 0 Å². The highest BCUT2D eigenvalue weighted by atomic mass is 14.2. The van der Waals surface area contributed by atoms with Gasteiger partial charge in [-0.1, -0.05) is 30.2 Å². The quantitative estimate of drug-likeness (QED) is 0.382. The lowest BCUT2D eigenvalue weighted by molar-refractivity contribution is 0.630. The highest BCUT2D eigenvalue weighted by Crippen LogP contribution is 2.32. The summed E-state index contributed by atoms with van der Waals surface area (Å²) in [4.78, 5) is 0. The molecule has 15 heavy (non-hydrogen) atoms. The molecule has 0 bridgehead atoms. The molecule has 1 aliphatic rings. The van der Waals surface area contributed by atoms with E-state index in [-0.39, 0.29) is 0 Å². The number of allylic oxidation sites excluding steroid dienone is 6. The molecule has 1 aliphatic carbocycles. The molecule has 0 spiro atoms. The zero-order valence-corrected chi connectivity index (χ0v) is 9.88. The van der Waals surface area contributed by atoms with Gasteiger partial charge in [0.1, 0.15) is 0 Å². The minimum absolute atomic E-state index is 0.462. The fourth-order valence-electron chi connectivity index (χ4n) is 1.66. The smallest absolute Gasteiger partial charge is 0.0987 e. The summed E-state index contributed by atoms with van der Waals surface area (Å²) >= 11 is 0.